The van der Waals surface area contributed by atoms with Gasteiger partial charge in [-0.05, 0) is 70.6 Å². The third-order valence-corrected chi connectivity index (χ3v) is 10.9. The van der Waals surface area contributed by atoms with E-state index in [2.05, 4.69) is 43.5 Å². The van der Waals surface area contributed by atoms with Crippen molar-refractivity contribution in [3.63, 3.8) is 0 Å². The van der Waals surface area contributed by atoms with E-state index in [1.165, 1.54) is 77.0 Å². The van der Waals surface area contributed by atoms with E-state index in [4.69, 9.17) is 23.6 Å². The molecule has 1 amide bonds. The predicted octanol–water partition coefficient (Wildman–Crippen LogP) is 12.0. The fourth-order valence-electron chi connectivity index (χ4n) is 6.35. The number of phosphoric acid groups is 1. The number of rotatable bonds is 44. The third-order valence-electron chi connectivity index (χ3n) is 9.91. The number of carboxylic acids is 1. The Balaban J connectivity index is 4.54. The number of aliphatic carboxylic acids is 1. The summed E-state index contributed by atoms with van der Waals surface area (Å²) in [4.78, 5) is 57.8. The van der Waals surface area contributed by atoms with E-state index in [0.717, 1.165) is 77.0 Å². The molecule has 0 fully saturated rings. The van der Waals surface area contributed by atoms with Gasteiger partial charge in [-0.15, -0.1) is 0 Å². The summed E-state index contributed by atoms with van der Waals surface area (Å²) in [7, 11) is -4.60. The van der Waals surface area contributed by atoms with Crippen LogP contribution in [0.5, 0.6) is 0 Å². The average molecular weight is 858 g/mol. The molecule has 0 aromatic rings. The topological polar surface area (TPSA) is 175 Å². The van der Waals surface area contributed by atoms with Crippen molar-refractivity contribution < 1.29 is 52.3 Å². The first-order chi connectivity index (χ1) is 28.6. The molecule has 3 N–H and O–H groups in total. The number of carbonyl (C=O) groups is 4. The summed E-state index contributed by atoms with van der Waals surface area (Å²) in [6.07, 6.45) is 38.2. The zero-order chi connectivity index (χ0) is 43.5. The van der Waals surface area contributed by atoms with Gasteiger partial charge in [-0.25, -0.2) is 4.57 Å². The van der Waals surface area contributed by atoms with E-state index in [-0.39, 0.29) is 51.9 Å². The molecule has 0 heterocycles. The minimum Gasteiger partial charge on any atom is -0.481 e. The number of hydrogen-bond acceptors (Lipinski definition) is 9. The first kappa shape index (κ1) is 56.5. The summed E-state index contributed by atoms with van der Waals surface area (Å²) in [5.74, 6) is -2.36. The Bertz CT molecular complexity index is 1150. The van der Waals surface area contributed by atoms with Crippen molar-refractivity contribution >= 4 is 31.6 Å². The van der Waals surface area contributed by atoms with E-state index in [0.29, 0.717) is 12.8 Å². The maximum atomic E-state index is 12.7. The maximum absolute atomic E-state index is 12.7. The molecule has 0 radical (unpaired) electrons. The zero-order valence-corrected chi connectivity index (χ0v) is 38.0. The number of allylic oxidation sites excluding steroid dienone is 4. The minimum atomic E-state index is -4.60. The summed E-state index contributed by atoms with van der Waals surface area (Å²) in [6, 6.07) is 0. The molecule has 0 aromatic carbocycles. The normalized spacial score (nSPS) is 13.1. The van der Waals surface area contributed by atoms with E-state index in [9.17, 15) is 28.6 Å². The molecule has 0 aromatic heterocycles. The highest BCUT2D eigenvalue weighted by Crippen LogP contribution is 2.43. The number of ether oxygens (including phenoxy) is 2. The van der Waals surface area contributed by atoms with Crippen LogP contribution in [0.2, 0.25) is 0 Å². The molecule has 59 heavy (non-hydrogen) atoms. The standard InChI is InChI=1S/C46H84NO11P/c1-3-5-7-9-11-13-15-17-19-21-23-25-27-29-31-36-45(51)55-40-42(41-57-59(53,54)56-39-38-47-43(48)34-33-35-44(49)50)58-46(52)37-32-30-28-26-24-22-20-18-16-14-12-10-8-6-4-2/h17-20,42H,3-16,21-41H2,1-2H3,(H,47,48)(H,49,50)(H,53,54)/t42-/m1/s1. The monoisotopic (exact) mass is 858 g/mol. The molecule has 0 rings (SSSR count). The molecule has 13 heteroatoms. The van der Waals surface area contributed by atoms with Gasteiger partial charge in [0.2, 0.25) is 5.91 Å². The van der Waals surface area contributed by atoms with Gasteiger partial charge in [-0.1, -0.05) is 141 Å². The molecule has 0 saturated carbocycles. The number of carboxylic acid groups (broad SMARTS) is 1. The van der Waals surface area contributed by atoms with Crippen LogP contribution in [0.25, 0.3) is 0 Å². The lowest BCUT2D eigenvalue weighted by molar-refractivity contribution is -0.161. The maximum Gasteiger partial charge on any atom is 0.472 e. The van der Waals surface area contributed by atoms with Crippen molar-refractivity contribution in [2.45, 2.75) is 219 Å². The lowest BCUT2D eigenvalue weighted by Crippen LogP contribution is -2.30. The third kappa shape index (κ3) is 43.4. The van der Waals surface area contributed by atoms with Gasteiger partial charge in [0.05, 0.1) is 13.2 Å². The number of unbranched alkanes of at least 4 members (excludes halogenated alkanes) is 22. The second-order valence-corrected chi connectivity index (χ2v) is 17.1. The SMILES string of the molecule is CCCCCCCCC=CCCCCCCCC(=O)OC[C@H](COP(=O)(O)OCCNC(=O)CCCC(=O)O)OC(=O)CCCCCCCC=CCCCCCCCC. The Labute approximate surface area is 358 Å². The van der Waals surface area contributed by atoms with Crippen molar-refractivity contribution in [3.05, 3.63) is 24.3 Å². The van der Waals surface area contributed by atoms with Crippen LogP contribution in [-0.4, -0.2) is 66.3 Å². The molecule has 0 aliphatic heterocycles. The number of amides is 1. The highest BCUT2D eigenvalue weighted by atomic mass is 31.2. The molecule has 0 spiro atoms. The van der Waals surface area contributed by atoms with Crippen LogP contribution in [0, 0.1) is 0 Å². The fourth-order valence-corrected chi connectivity index (χ4v) is 7.10. The van der Waals surface area contributed by atoms with E-state index < -0.39 is 44.3 Å². The van der Waals surface area contributed by atoms with Gasteiger partial charge in [0.25, 0.3) is 0 Å². The van der Waals surface area contributed by atoms with Crippen molar-refractivity contribution in [2.75, 3.05) is 26.4 Å². The first-order valence-electron chi connectivity index (χ1n) is 23.3. The second-order valence-electron chi connectivity index (χ2n) is 15.7. The summed E-state index contributed by atoms with van der Waals surface area (Å²) >= 11 is 0. The fraction of sp³-hybridized carbons (Fsp3) is 0.826. The van der Waals surface area contributed by atoms with E-state index in [1.54, 1.807) is 0 Å². The summed E-state index contributed by atoms with van der Waals surface area (Å²) < 4.78 is 33.4. The van der Waals surface area contributed by atoms with Gasteiger partial charge in [0.15, 0.2) is 6.10 Å². The quantitative estimate of drug-likeness (QED) is 0.0230. The van der Waals surface area contributed by atoms with Crippen molar-refractivity contribution in [2.24, 2.45) is 0 Å². The highest BCUT2D eigenvalue weighted by Gasteiger charge is 2.26. The van der Waals surface area contributed by atoms with Crippen LogP contribution >= 0.6 is 7.82 Å². The Morgan fingerprint density at radius 3 is 1.46 bits per heavy atom. The number of nitrogens with one attached hydrogen (secondary N) is 1. The minimum absolute atomic E-state index is 0.000390. The largest absolute Gasteiger partial charge is 0.481 e. The van der Waals surface area contributed by atoms with Crippen molar-refractivity contribution in [1.29, 1.82) is 0 Å². The molecule has 12 nitrogen and oxygen atoms in total. The number of esters is 2. The lowest BCUT2D eigenvalue weighted by atomic mass is 10.1. The average Bonchev–Trinajstić information content (AvgIpc) is 3.20. The van der Waals surface area contributed by atoms with Crippen molar-refractivity contribution in [1.82, 2.24) is 5.32 Å². The molecule has 0 aliphatic carbocycles. The second kappa shape index (κ2) is 42.2. The molecule has 0 saturated heterocycles. The number of carbonyl (C=O) groups excluding carboxylic acids is 3. The Morgan fingerprint density at radius 1 is 0.542 bits per heavy atom. The molecule has 344 valence electrons. The van der Waals surface area contributed by atoms with E-state index in [1.807, 2.05) is 0 Å². The van der Waals surface area contributed by atoms with Crippen LogP contribution in [0.15, 0.2) is 24.3 Å². The zero-order valence-electron chi connectivity index (χ0n) is 37.2. The molecular weight excluding hydrogens is 773 g/mol. The first-order valence-corrected chi connectivity index (χ1v) is 24.8. The van der Waals surface area contributed by atoms with E-state index >= 15 is 0 Å². The Hall–Kier alpha value is -2.53. The molecule has 0 aliphatic rings. The van der Waals surface area contributed by atoms with Crippen LogP contribution in [0.3, 0.4) is 0 Å². The van der Waals surface area contributed by atoms with Gasteiger partial charge in [0.1, 0.15) is 6.61 Å². The van der Waals surface area contributed by atoms with Gasteiger partial charge < -0.3 is 24.8 Å². The summed E-state index contributed by atoms with van der Waals surface area (Å²) in [5.41, 5.74) is 0. The summed E-state index contributed by atoms with van der Waals surface area (Å²) in [6.45, 7) is 3.18. The van der Waals surface area contributed by atoms with Gasteiger partial charge in [-0.3, -0.25) is 28.2 Å². The van der Waals surface area contributed by atoms with Gasteiger partial charge >= 0.3 is 25.7 Å². The van der Waals surface area contributed by atoms with Crippen LogP contribution in [0.1, 0.15) is 213 Å². The number of phosphoric ester groups is 1. The Kier molecular flexibility index (Phi) is 40.4. The van der Waals surface area contributed by atoms with Crippen LogP contribution in [0.4, 0.5) is 0 Å². The Morgan fingerprint density at radius 2 is 0.983 bits per heavy atom. The van der Waals surface area contributed by atoms with Crippen molar-refractivity contribution in [3.8, 4) is 0 Å². The summed E-state index contributed by atoms with van der Waals surface area (Å²) in [5, 5.41) is 11.2. The highest BCUT2D eigenvalue weighted by molar-refractivity contribution is 7.47. The van der Waals surface area contributed by atoms with Gasteiger partial charge in [0, 0.05) is 32.2 Å². The van der Waals surface area contributed by atoms with Crippen LogP contribution < -0.4 is 5.32 Å². The van der Waals surface area contributed by atoms with Gasteiger partial charge in [-0.2, -0.15) is 0 Å². The van der Waals surface area contributed by atoms with Crippen LogP contribution in [-0.2, 0) is 42.3 Å². The molecule has 0 bridgehead atoms. The number of hydrogen-bond donors (Lipinski definition) is 3. The lowest BCUT2D eigenvalue weighted by Gasteiger charge is -2.20. The predicted molar refractivity (Wildman–Crippen MR) is 236 cm³/mol. The molecule has 1 unspecified atom stereocenters. The molecule has 2 atom stereocenters. The molecular formula is C46H84NO11P. The smallest absolute Gasteiger partial charge is 0.472 e.